The third kappa shape index (κ3) is 4.44. The number of para-hydroxylation sites is 1. The molecule has 2 aromatic carbocycles. The molecule has 2 aromatic rings. The van der Waals surface area contributed by atoms with Gasteiger partial charge in [-0.2, -0.15) is 0 Å². The van der Waals surface area contributed by atoms with Gasteiger partial charge < -0.3 is 4.90 Å². The molecule has 1 heterocycles. The van der Waals surface area contributed by atoms with Gasteiger partial charge in [-0.3, -0.25) is 4.90 Å². The zero-order valence-electron chi connectivity index (χ0n) is 17.2. The highest BCUT2D eigenvalue weighted by atomic mass is 15.4. The highest BCUT2D eigenvalue weighted by Crippen LogP contribution is 2.38. The maximum Gasteiger partial charge on any atom is 0.178 e. The van der Waals surface area contributed by atoms with Crippen molar-refractivity contribution in [1.82, 2.24) is 4.90 Å². The van der Waals surface area contributed by atoms with Crippen LogP contribution < -0.4 is 4.90 Å². The van der Waals surface area contributed by atoms with Gasteiger partial charge in [-0.1, -0.05) is 82.3 Å². The van der Waals surface area contributed by atoms with E-state index in [1.165, 1.54) is 22.4 Å². The fourth-order valence-electron chi connectivity index (χ4n) is 3.94. The smallest absolute Gasteiger partial charge is 0.178 e. The molecule has 142 valence electrons. The Morgan fingerprint density at radius 2 is 1.63 bits per heavy atom. The van der Waals surface area contributed by atoms with Crippen LogP contribution in [0.15, 0.2) is 61.2 Å². The second-order valence-corrected chi connectivity index (χ2v) is 8.09. The number of nitrogens with zero attached hydrogens (tertiary/aromatic N) is 2. The van der Waals surface area contributed by atoms with E-state index in [9.17, 15) is 0 Å². The van der Waals surface area contributed by atoms with E-state index < -0.39 is 0 Å². The lowest BCUT2D eigenvalue weighted by Gasteiger charge is -2.27. The van der Waals surface area contributed by atoms with Gasteiger partial charge in [-0.25, -0.2) is 0 Å². The van der Waals surface area contributed by atoms with Crippen molar-refractivity contribution in [2.45, 2.75) is 52.0 Å². The Bertz CT molecular complexity index is 722. The molecule has 0 bridgehead atoms. The topological polar surface area (TPSA) is 6.48 Å². The van der Waals surface area contributed by atoms with E-state index in [0.717, 1.165) is 19.5 Å². The number of hydrogen-bond donors (Lipinski definition) is 0. The standard InChI is InChI=1S/C25H32N2/c1-6-15-26-18-27(17-22(26)16-21-11-8-7-9-12-21)25-23(19(2)3)13-10-14-24(25)20(4)5/h6-14,19-20,22H,1,15-17H2,2-5H3/t22-/m0/s1. The number of hydrogen-bond acceptors (Lipinski definition) is 2. The van der Waals surface area contributed by atoms with Gasteiger partial charge >= 0.3 is 0 Å². The summed E-state index contributed by atoms with van der Waals surface area (Å²) in [6, 6.07) is 17.9. The van der Waals surface area contributed by atoms with Crippen molar-refractivity contribution < 1.29 is 0 Å². The Balaban J connectivity index is 1.92. The predicted molar refractivity (Wildman–Crippen MR) is 116 cm³/mol. The molecule has 0 amide bonds. The molecule has 1 aliphatic heterocycles. The minimum absolute atomic E-state index is 0.408. The van der Waals surface area contributed by atoms with Crippen LogP contribution in [0.4, 0.5) is 5.69 Å². The van der Waals surface area contributed by atoms with Gasteiger partial charge in [-0.05, 0) is 34.9 Å². The largest absolute Gasteiger partial charge is 0.344 e. The van der Waals surface area contributed by atoms with Gasteiger partial charge in [-0.15, -0.1) is 6.58 Å². The Kier molecular flexibility index (Phi) is 6.38. The molecular formula is C25H32N2. The minimum Gasteiger partial charge on any atom is -0.344 e. The normalized spacial score (nSPS) is 17.9. The SMILES string of the molecule is C=CCN1[C]N(c2c(C(C)C)cccc2C(C)C)C[C@@H]1Cc1ccccc1. The number of benzene rings is 2. The molecule has 27 heavy (non-hydrogen) atoms. The molecule has 0 N–H and O–H groups in total. The minimum atomic E-state index is 0.408. The molecule has 1 atom stereocenters. The van der Waals surface area contributed by atoms with Crippen LogP contribution in [0.5, 0.6) is 0 Å². The van der Waals surface area contributed by atoms with Crippen LogP contribution in [0.2, 0.25) is 0 Å². The van der Waals surface area contributed by atoms with E-state index in [1.54, 1.807) is 0 Å². The summed E-state index contributed by atoms with van der Waals surface area (Å²) < 4.78 is 0. The van der Waals surface area contributed by atoms with Crippen LogP contribution >= 0.6 is 0 Å². The monoisotopic (exact) mass is 360 g/mol. The van der Waals surface area contributed by atoms with Crippen molar-refractivity contribution in [2.75, 3.05) is 18.0 Å². The van der Waals surface area contributed by atoms with Crippen LogP contribution in [0.3, 0.4) is 0 Å². The van der Waals surface area contributed by atoms with E-state index in [4.69, 9.17) is 0 Å². The van der Waals surface area contributed by atoms with Crippen molar-refractivity contribution in [3.8, 4) is 0 Å². The molecule has 1 saturated heterocycles. The Hall–Kier alpha value is -2.06. The summed E-state index contributed by atoms with van der Waals surface area (Å²) in [5.41, 5.74) is 5.55. The van der Waals surface area contributed by atoms with Crippen LogP contribution in [0.1, 0.15) is 56.2 Å². The van der Waals surface area contributed by atoms with Crippen molar-refractivity contribution >= 4 is 5.69 Å². The van der Waals surface area contributed by atoms with Gasteiger partial charge in [0.2, 0.25) is 0 Å². The highest BCUT2D eigenvalue weighted by molar-refractivity contribution is 5.64. The van der Waals surface area contributed by atoms with Crippen molar-refractivity contribution in [3.05, 3.63) is 84.5 Å². The summed E-state index contributed by atoms with van der Waals surface area (Å²) in [4.78, 5) is 4.68. The molecule has 0 saturated carbocycles. The molecular weight excluding hydrogens is 328 g/mol. The summed E-state index contributed by atoms with van der Waals surface area (Å²) in [5.74, 6) is 0.975. The van der Waals surface area contributed by atoms with Gasteiger partial charge in [0.25, 0.3) is 0 Å². The lowest BCUT2D eigenvalue weighted by atomic mass is 9.92. The summed E-state index contributed by atoms with van der Waals surface area (Å²) in [6.07, 6.45) is 3.01. The molecule has 2 heteroatoms. The molecule has 2 radical (unpaired) electrons. The molecule has 0 unspecified atom stereocenters. The van der Waals surface area contributed by atoms with Crippen LogP contribution in [-0.2, 0) is 6.42 Å². The second-order valence-electron chi connectivity index (χ2n) is 8.09. The first kappa shape index (κ1) is 19.7. The zero-order valence-corrected chi connectivity index (χ0v) is 17.2. The molecule has 1 aliphatic rings. The van der Waals surface area contributed by atoms with Crippen molar-refractivity contribution in [3.63, 3.8) is 0 Å². The Morgan fingerprint density at radius 1 is 1.00 bits per heavy atom. The highest BCUT2D eigenvalue weighted by Gasteiger charge is 2.33. The molecule has 2 nitrogen and oxygen atoms in total. The molecule has 0 aliphatic carbocycles. The number of anilines is 1. The Morgan fingerprint density at radius 3 is 2.19 bits per heavy atom. The van der Waals surface area contributed by atoms with Crippen molar-refractivity contribution in [2.24, 2.45) is 0 Å². The average molecular weight is 361 g/mol. The zero-order chi connectivity index (χ0) is 19.4. The fraction of sp³-hybridized carbons (Fsp3) is 0.400. The maximum absolute atomic E-state index is 3.95. The van der Waals surface area contributed by atoms with Crippen LogP contribution in [-0.4, -0.2) is 24.0 Å². The third-order valence-corrected chi connectivity index (χ3v) is 5.34. The molecule has 0 spiro atoms. The van der Waals surface area contributed by atoms with E-state index in [1.807, 2.05) is 6.08 Å². The van der Waals surface area contributed by atoms with E-state index in [2.05, 4.69) is 99.3 Å². The molecule has 3 rings (SSSR count). The van der Waals surface area contributed by atoms with E-state index >= 15 is 0 Å². The second kappa shape index (κ2) is 8.75. The van der Waals surface area contributed by atoms with Gasteiger partial charge in [0.05, 0.1) is 0 Å². The van der Waals surface area contributed by atoms with Crippen molar-refractivity contribution in [1.29, 1.82) is 0 Å². The first-order valence-electron chi connectivity index (χ1n) is 10.1. The summed E-state index contributed by atoms with van der Waals surface area (Å²) in [7, 11) is 0. The van der Waals surface area contributed by atoms with Gasteiger partial charge in [0.15, 0.2) is 6.67 Å². The van der Waals surface area contributed by atoms with Crippen LogP contribution in [0, 0.1) is 6.67 Å². The third-order valence-electron chi connectivity index (χ3n) is 5.34. The summed E-state index contributed by atoms with van der Waals surface area (Å²) in [5, 5.41) is 0. The fourth-order valence-corrected chi connectivity index (χ4v) is 3.94. The Labute approximate surface area is 165 Å². The quantitative estimate of drug-likeness (QED) is 0.572. The molecule has 1 fully saturated rings. The van der Waals surface area contributed by atoms with Gasteiger partial charge in [0, 0.05) is 24.8 Å². The van der Waals surface area contributed by atoms with E-state index in [-0.39, 0.29) is 0 Å². The molecule has 0 aromatic heterocycles. The lowest BCUT2D eigenvalue weighted by Crippen LogP contribution is -2.31. The van der Waals surface area contributed by atoms with Crippen LogP contribution in [0.25, 0.3) is 0 Å². The summed E-state index contributed by atoms with van der Waals surface area (Å²) >= 11 is 0. The summed E-state index contributed by atoms with van der Waals surface area (Å²) in [6.45, 7) is 18.5. The maximum atomic E-state index is 3.95. The van der Waals surface area contributed by atoms with Gasteiger partial charge in [0.1, 0.15) is 0 Å². The van der Waals surface area contributed by atoms with E-state index in [0.29, 0.717) is 17.9 Å². The lowest BCUT2D eigenvalue weighted by molar-refractivity contribution is 0.324. The average Bonchev–Trinajstić information content (AvgIpc) is 3.04. The predicted octanol–water partition coefficient (Wildman–Crippen LogP) is 5.85. The first-order chi connectivity index (χ1) is 13.0. The first-order valence-corrected chi connectivity index (χ1v) is 10.1. The number of rotatable bonds is 7.